The maximum Gasteiger partial charge on any atom is 0.154 e. The van der Waals surface area contributed by atoms with Gasteiger partial charge in [0.25, 0.3) is 0 Å². The molecule has 0 heterocycles. The molecule has 0 amide bonds. The van der Waals surface area contributed by atoms with Gasteiger partial charge in [-0.25, -0.2) is 8.42 Å². The Morgan fingerprint density at radius 2 is 1.67 bits per heavy atom. The minimum absolute atomic E-state index is 0.752. The van der Waals surface area contributed by atoms with Gasteiger partial charge in [0, 0.05) is 6.26 Å². The van der Waals surface area contributed by atoms with Crippen molar-refractivity contribution in [3.8, 4) is 0 Å². The Bertz CT molecular complexity index is 175. The van der Waals surface area contributed by atoms with Crippen LogP contribution in [-0.2, 0) is 9.84 Å². The maximum atomic E-state index is 10.8. The molecule has 0 bridgehead atoms. The van der Waals surface area contributed by atoms with E-state index in [1.54, 1.807) is 0 Å². The number of hydrogen-bond acceptors (Lipinski definition) is 2. The van der Waals surface area contributed by atoms with E-state index in [0.29, 0.717) is 0 Å². The van der Waals surface area contributed by atoms with Crippen LogP contribution in [0.4, 0.5) is 0 Å². The largest absolute Gasteiger partial charge is 0.228 e. The summed E-state index contributed by atoms with van der Waals surface area (Å²) >= 11 is 0. The smallest absolute Gasteiger partial charge is 0.154 e. The molecular weight excluding hydrogens is 136 g/mol. The van der Waals surface area contributed by atoms with Crippen LogP contribution >= 0.6 is 0 Å². The molecule has 0 aromatic rings. The van der Waals surface area contributed by atoms with Gasteiger partial charge >= 0.3 is 0 Å². The van der Waals surface area contributed by atoms with Gasteiger partial charge in [0.1, 0.15) is 0 Å². The van der Waals surface area contributed by atoms with Crippen molar-refractivity contribution in [3.05, 3.63) is 5.25 Å². The van der Waals surface area contributed by atoms with Crippen LogP contribution in [0.25, 0.3) is 0 Å². The summed E-state index contributed by atoms with van der Waals surface area (Å²) in [7, 11) is -2.79. The molecule has 0 aromatic heterocycles. The highest BCUT2D eigenvalue weighted by Gasteiger charge is 2.24. The lowest BCUT2D eigenvalue weighted by Crippen LogP contribution is -2.05. The zero-order chi connectivity index (χ0) is 6.91. The molecule has 0 unspecified atom stereocenters. The molecule has 0 spiro atoms. The van der Waals surface area contributed by atoms with E-state index >= 15 is 0 Å². The summed E-state index contributed by atoms with van der Waals surface area (Å²) in [6.45, 7) is 0. The maximum absolute atomic E-state index is 10.8. The quantitative estimate of drug-likeness (QED) is 0.557. The average Bonchev–Trinajstić information content (AvgIpc) is 2.08. The van der Waals surface area contributed by atoms with E-state index in [4.69, 9.17) is 0 Å². The molecule has 1 saturated carbocycles. The highest BCUT2D eigenvalue weighted by atomic mass is 32.2. The second-order valence-electron chi connectivity index (χ2n) is 2.52. The van der Waals surface area contributed by atoms with E-state index in [2.05, 4.69) is 0 Å². The Hall–Kier alpha value is -0.0500. The zero-order valence-electron chi connectivity index (χ0n) is 5.55. The third-order valence-electron chi connectivity index (χ3n) is 1.69. The van der Waals surface area contributed by atoms with Crippen LogP contribution in [0.3, 0.4) is 0 Å². The van der Waals surface area contributed by atoms with Crippen molar-refractivity contribution in [1.82, 2.24) is 0 Å². The fourth-order valence-electron chi connectivity index (χ4n) is 1.14. The van der Waals surface area contributed by atoms with Crippen LogP contribution < -0.4 is 0 Å². The van der Waals surface area contributed by atoms with Crippen molar-refractivity contribution in [2.75, 3.05) is 6.26 Å². The number of hydrogen-bond donors (Lipinski definition) is 0. The molecule has 1 aliphatic rings. The molecule has 0 aliphatic heterocycles. The standard InChI is InChI=1S/C6H11O2S/c1-9(7,8)6-4-2-3-5-6/h2-5H2,1H3. The monoisotopic (exact) mass is 147 g/mol. The fraction of sp³-hybridized carbons (Fsp3) is 0.833. The molecular formula is C6H11O2S. The summed E-state index contributed by atoms with van der Waals surface area (Å²) in [6.07, 6.45) is 5.02. The predicted molar refractivity (Wildman–Crippen MR) is 36.6 cm³/mol. The van der Waals surface area contributed by atoms with E-state index in [1.807, 2.05) is 0 Å². The van der Waals surface area contributed by atoms with Crippen molar-refractivity contribution < 1.29 is 8.42 Å². The van der Waals surface area contributed by atoms with E-state index in [0.717, 1.165) is 30.9 Å². The summed E-state index contributed by atoms with van der Waals surface area (Å²) in [5.41, 5.74) is 0. The zero-order valence-corrected chi connectivity index (χ0v) is 6.37. The number of rotatable bonds is 1. The Morgan fingerprint density at radius 3 is 1.89 bits per heavy atom. The molecule has 0 atom stereocenters. The Labute approximate surface area is 56.2 Å². The molecule has 0 saturated heterocycles. The minimum atomic E-state index is -2.79. The molecule has 1 fully saturated rings. The molecule has 0 N–H and O–H groups in total. The summed E-state index contributed by atoms with van der Waals surface area (Å²) in [5.74, 6) is 0. The van der Waals surface area contributed by atoms with Crippen molar-refractivity contribution in [2.45, 2.75) is 25.7 Å². The Kier molecular flexibility index (Phi) is 1.80. The highest BCUT2D eigenvalue weighted by Crippen LogP contribution is 2.30. The van der Waals surface area contributed by atoms with Crippen molar-refractivity contribution in [3.63, 3.8) is 0 Å². The van der Waals surface area contributed by atoms with Gasteiger partial charge in [0.2, 0.25) is 0 Å². The first-order valence-electron chi connectivity index (χ1n) is 3.15. The average molecular weight is 147 g/mol. The van der Waals surface area contributed by atoms with Gasteiger partial charge in [-0.05, 0) is 12.8 Å². The van der Waals surface area contributed by atoms with Gasteiger partial charge in [-0.3, -0.25) is 0 Å². The fourth-order valence-corrected chi connectivity index (χ4v) is 2.17. The number of sulfone groups is 1. The van der Waals surface area contributed by atoms with E-state index in [-0.39, 0.29) is 0 Å². The topological polar surface area (TPSA) is 34.1 Å². The second kappa shape index (κ2) is 2.29. The molecule has 1 aliphatic carbocycles. The third-order valence-corrected chi connectivity index (χ3v) is 3.14. The lowest BCUT2D eigenvalue weighted by atomic mass is 10.4. The van der Waals surface area contributed by atoms with Crippen LogP contribution in [0.5, 0.6) is 0 Å². The summed E-state index contributed by atoms with van der Waals surface area (Å²) in [4.78, 5) is 0. The summed E-state index contributed by atoms with van der Waals surface area (Å²) in [6, 6.07) is 0. The SMILES string of the molecule is CS(=O)(=O)[C]1CCCC1. The highest BCUT2D eigenvalue weighted by molar-refractivity contribution is 7.93. The van der Waals surface area contributed by atoms with Gasteiger partial charge in [-0.2, -0.15) is 0 Å². The molecule has 2 nitrogen and oxygen atoms in total. The second-order valence-corrected chi connectivity index (χ2v) is 4.64. The lowest BCUT2D eigenvalue weighted by molar-refractivity contribution is 0.599. The lowest BCUT2D eigenvalue weighted by Gasteiger charge is -2.01. The first-order valence-corrected chi connectivity index (χ1v) is 5.04. The first-order chi connectivity index (χ1) is 4.11. The van der Waals surface area contributed by atoms with Crippen LogP contribution in [-0.4, -0.2) is 14.7 Å². The van der Waals surface area contributed by atoms with Gasteiger partial charge in [-0.15, -0.1) is 0 Å². The van der Waals surface area contributed by atoms with Gasteiger partial charge in [-0.1, -0.05) is 12.8 Å². The van der Waals surface area contributed by atoms with Gasteiger partial charge in [0.15, 0.2) is 9.84 Å². The molecule has 9 heavy (non-hydrogen) atoms. The van der Waals surface area contributed by atoms with Crippen molar-refractivity contribution >= 4 is 9.84 Å². The minimum Gasteiger partial charge on any atom is -0.228 e. The summed E-state index contributed by atoms with van der Waals surface area (Å²) in [5, 5.41) is 0.752. The van der Waals surface area contributed by atoms with Crippen LogP contribution in [0.2, 0.25) is 0 Å². The third kappa shape index (κ3) is 1.68. The van der Waals surface area contributed by atoms with E-state index in [9.17, 15) is 8.42 Å². The normalized spacial score (nSPS) is 22.8. The molecule has 53 valence electrons. The molecule has 3 heteroatoms. The molecule has 1 radical (unpaired) electrons. The van der Waals surface area contributed by atoms with Crippen molar-refractivity contribution in [1.29, 1.82) is 0 Å². The summed E-state index contributed by atoms with van der Waals surface area (Å²) < 4.78 is 21.6. The van der Waals surface area contributed by atoms with Crippen LogP contribution in [0, 0.1) is 5.25 Å². The Balaban J connectivity index is 2.63. The molecule has 1 rings (SSSR count). The van der Waals surface area contributed by atoms with E-state index < -0.39 is 9.84 Å². The van der Waals surface area contributed by atoms with Crippen LogP contribution in [0.15, 0.2) is 0 Å². The first kappa shape index (κ1) is 7.06. The predicted octanol–water partition coefficient (Wildman–Crippen LogP) is 1.14. The molecule has 0 aromatic carbocycles. The van der Waals surface area contributed by atoms with Gasteiger partial charge < -0.3 is 0 Å². The van der Waals surface area contributed by atoms with Crippen molar-refractivity contribution in [2.24, 2.45) is 0 Å². The van der Waals surface area contributed by atoms with Crippen LogP contribution in [0.1, 0.15) is 25.7 Å². The van der Waals surface area contributed by atoms with Gasteiger partial charge in [0.05, 0.1) is 5.25 Å². The van der Waals surface area contributed by atoms with E-state index in [1.165, 1.54) is 6.26 Å². The Morgan fingerprint density at radius 1 is 1.22 bits per heavy atom.